The average Bonchev–Trinajstić information content (AvgIpc) is 3.37. The van der Waals surface area contributed by atoms with Gasteiger partial charge in [-0.3, -0.25) is 4.79 Å². The predicted octanol–water partition coefficient (Wildman–Crippen LogP) is 4.92. The van der Waals surface area contributed by atoms with E-state index in [0.717, 1.165) is 5.56 Å². The third kappa shape index (κ3) is 4.02. The number of hydrogen-bond acceptors (Lipinski definition) is 7. The highest BCUT2D eigenvalue weighted by Gasteiger charge is 2.24. The fourth-order valence-electron chi connectivity index (χ4n) is 2.64. The lowest BCUT2D eigenvalue weighted by Crippen LogP contribution is -2.13. The van der Waals surface area contributed by atoms with Gasteiger partial charge in [-0.25, -0.2) is 4.79 Å². The van der Waals surface area contributed by atoms with Crippen molar-refractivity contribution < 1.29 is 23.8 Å². The van der Waals surface area contributed by atoms with Crippen LogP contribution in [0.2, 0.25) is 0 Å². The van der Waals surface area contributed by atoms with Gasteiger partial charge in [0.05, 0.1) is 25.7 Å². The van der Waals surface area contributed by atoms with Crippen LogP contribution in [-0.2, 0) is 4.74 Å². The summed E-state index contributed by atoms with van der Waals surface area (Å²) in [6.07, 6.45) is 0. The van der Waals surface area contributed by atoms with Crippen LogP contribution in [0.1, 0.15) is 27.0 Å². The Morgan fingerprint density at radius 1 is 1.07 bits per heavy atom. The van der Waals surface area contributed by atoms with E-state index in [1.165, 1.54) is 22.7 Å². The third-order valence-electron chi connectivity index (χ3n) is 3.94. The van der Waals surface area contributed by atoms with E-state index in [0.29, 0.717) is 32.5 Å². The molecule has 3 aromatic rings. The zero-order valence-corrected chi connectivity index (χ0v) is 17.2. The van der Waals surface area contributed by atoms with Crippen molar-refractivity contribution in [2.24, 2.45) is 0 Å². The van der Waals surface area contributed by atoms with E-state index in [9.17, 15) is 9.59 Å². The van der Waals surface area contributed by atoms with E-state index in [-0.39, 0.29) is 12.5 Å². The highest BCUT2D eigenvalue weighted by atomic mass is 32.1. The van der Waals surface area contributed by atoms with E-state index in [1.807, 2.05) is 16.8 Å². The minimum atomic E-state index is -0.491. The second kappa shape index (κ2) is 8.90. The van der Waals surface area contributed by atoms with Crippen molar-refractivity contribution >= 4 is 39.6 Å². The van der Waals surface area contributed by atoms with Crippen molar-refractivity contribution in [1.29, 1.82) is 0 Å². The van der Waals surface area contributed by atoms with E-state index in [2.05, 4.69) is 5.32 Å². The minimum Gasteiger partial charge on any atom is -0.493 e. The Morgan fingerprint density at radius 3 is 2.50 bits per heavy atom. The Kier molecular flexibility index (Phi) is 6.33. The number of benzene rings is 1. The Labute approximate surface area is 170 Å². The molecule has 6 nitrogen and oxygen atoms in total. The molecule has 0 atom stereocenters. The molecule has 2 aromatic heterocycles. The quantitative estimate of drug-likeness (QED) is 0.552. The van der Waals surface area contributed by atoms with Gasteiger partial charge in [-0.15, -0.1) is 22.7 Å². The molecule has 0 spiro atoms. The summed E-state index contributed by atoms with van der Waals surface area (Å²) in [6.45, 7) is 1.97. The lowest BCUT2D eigenvalue weighted by atomic mass is 10.0. The Hall–Kier alpha value is -2.84. The van der Waals surface area contributed by atoms with Gasteiger partial charge < -0.3 is 19.5 Å². The van der Waals surface area contributed by atoms with Gasteiger partial charge in [-0.1, -0.05) is 12.1 Å². The summed E-state index contributed by atoms with van der Waals surface area (Å²) in [5, 5.41) is 6.91. The van der Waals surface area contributed by atoms with Crippen LogP contribution in [0.25, 0.3) is 11.1 Å². The molecule has 0 saturated carbocycles. The van der Waals surface area contributed by atoms with Gasteiger partial charge in [0.15, 0.2) is 11.5 Å². The highest BCUT2D eigenvalue weighted by molar-refractivity contribution is 7.15. The summed E-state index contributed by atoms with van der Waals surface area (Å²) in [4.78, 5) is 25.7. The first-order chi connectivity index (χ1) is 13.6. The number of rotatable bonds is 7. The normalized spacial score (nSPS) is 10.4. The lowest BCUT2D eigenvalue weighted by molar-refractivity contribution is 0.0529. The van der Waals surface area contributed by atoms with Crippen LogP contribution in [0.5, 0.6) is 11.5 Å². The van der Waals surface area contributed by atoms with Gasteiger partial charge in [0.2, 0.25) is 0 Å². The molecule has 0 bridgehead atoms. The van der Waals surface area contributed by atoms with Gasteiger partial charge in [0.25, 0.3) is 5.91 Å². The molecule has 0 saturated heterocycles. The molecule has 1 N–H and O–H groups in total. The van der Waals surface area contributed by atoms with Crippen LogP contribution in [0.4, 0.5) is 5.00 Å². The predicted molar refractivity (Wildman–Crippen MR) is 111 cm³/mol. The molecule has 0 aliphatic carbocycles. The second-order valence-corrected chi connectivity index (χ2v) is 7.40. The number of thiophene rings is 2. The molecule has 0 radical (unpaired) electrons. The van der Waals surface area contributed by atoms with E-state index >= 15 is 0 Å². The number of esters is 1. The van der Waals surface area contributed by atoms with Gasteiger partial charge in [-0.05, 0) is 36.1 Å². The number of methoxy groups -OCH3 is 2. The fourth-order valence-corrected chi connectivity index (χ4v) is 4.22. The zero-order chi connectivity index (χ0) is 20.1. The summed E-state index contributed by atoms with van der Waals surface area (Å²) in [6, 6.07) is 8.92. The average molecular weight is 418 g/mol. The zero-order valence-electron chi connectivity index (χ0n) is 15.6. The molecular formula is C20H19NO5S2. The van der Waals surface area contributed by atoms with Crippen molar-refractivity contribution in [1.82, 2.24) is 0 Å². The largest absolute Gasteiger partial charge is 0.493 e. The number of carbonyl (C=O) groups excluding carboxylic acids is 2. The number of hydrogen-bond donors (Lipinski definition) is 1. The number of nitrogens with one attached hydrogen (secondary N) is 1. The molecule has 0 aliphatic rings. The minimum absolute atomic E-state index is 0.234. The van der Waals surface area contributed by atoms with E-state index in [1.54, 1.807) is 45.4 Å². The SMILES string of the molecule is CCOC(=O)c1c(-c2ccc(OC)c(OC)c2)csc1NC(=O)c1cccs1. The third-order valence-corrected chi connectivity index (χ3v) is 5.70. The van der Waals surface area contributed by atoms with Crippen molar-refractivity contribution in [2.45, 2.75) is 6.92 Å². The van der Waals surface area contributed by atoms with Gasteiger partial charge >= 0.3 is 5.97 Å². The van der Waals surface area contributed by atoms with Crippen LogP contribution < -0.4 is 14.8 Å². The fraction of sp³-hybridized carbons (Fsp3) is 0.200. The van der Waals surface area contributed by atoms with Crippen LogP contribution in [0.3, 0.4) is 0 Å². The Bertz CT molecular complexity index is 979. The topological polar surface area (TPSA) is 73.9 Å². The van der Waals surface area contributed by atoms with Crippen molar-refractivity contribution in [3.8, 4) is 22.6 Å². The molecule has 146 valence electrons. The van der Waals surface area contributed by atoms with Crippen LogP contribution in [-0.4, -0.2) is 32.7 Å². The molecule has 1 aromatic carbocycles. The Morgan fingerprint density at radius 2 is 1.86 bits per heavy atom. The van der Waals surface area contributed by atoms with Crippen molar-refractivity contribution in [3.05, 3.63) is 51.5 Å². The van der Waals surface area contributed by atoms with E-state index in [4.69, 9.17) is 14.2 Å². The molecular weight excluding hydrogens is 398 g/mol. The highest BCUT2D eigenvalue weighted by Crippen LogP contribution is 2.39. The molecule has 2 heterocycles. The number of carbonyl (C=O) groups is 2. The summed E-state index contributed by atoms with van der Waals surface area (Å²) >= 11 is 2.61. The summed E-state index contributed by atoms with van der Waals surface area (Å²) in [5.74, 6) is 0.381. The smallest absolute Gasteiger partial charge is 0.341 e. The van der Waals surface area contributed by atoms with Crippen molar-refractivity contribution in [3.63, 3.8) is 0 Å². The van der Waals surface area contributed by atoms with Crippen LogP contribution in [0.15, 0.2) is 41.1 Å². The van der Waals surface area contributed by atoms with Gasteiger partial charge in [0.1, 0.15) is 10.6 Å². The summed E-state index contributed by atoms with van der Waals surface area (Å²) < 4.78 is 15.9. The monoisotopic (exact) mass is 417 g/mol. The number of ether oxygens (including phenoxy) is 3. The van der Waals surface area contributed by atoms with E-state index < -0.39 is 5.97 Å². The number of amides is 1. The maximum Gasteiger partial charge on any atom is 0.341 e. The molecule has 0 fully saturated rings. The Balaban J connectivity index is 2.03. The van der Waals surface area contributed by atoms with Gasteiger partial charge in [-0.2, -0.15) is 0 Å². The molecule has 28 heavy (non-hydrogen) atoms. The molecule has 0 aliphatic heterocycles. The molecule has 8 heteroatoms. The molecule has 0 unspecified atom stereocenters. The first-order valence-electron chi connectivity index (χ1n) is 8.44. The molecule has 3 rings (SSSR count). The maximum absolute atomic E-state index is 12.6. The van der Waals surface area contributed by atoms with Crippen molar-refractivity contribution in [2.75, 3.05) is 26.1 Å². The first-order valence-corrected chi connectivity index (χ1v) is 10.2. The summed E-state index contributed by atoms with van der Waals surface area (Å²) in [5.41, 5.74) is 1.74. The lowest BCUT2D eigenvalue weighted by Gasteiger charge is -2.11. The second-order valence-electron chi connectivity index (χ2n) is 5.58. The van der Waals surface area contributed by atoms with Crippen LogP contribution in [0, 0.1) is 0 Å². The maximum atomic E-state index is 12.6. The van der Waals surface area contributed by atoms with Crippen LogP contribution >= 0.6 is 22.7 Å². The first kappa shape index (κ1) is 19.9. The standard InChI is InChI=1S/C20H19NO5S2/c1-4-26-20(23)17-13(12-7-8-14(24-2)15(10-12)25-3)11-28-19(17)21-18(22)16-6-5-9-27-16/h5-11H,4H2,1-3H3,(H,21,22). The van der Waals surface area contributed by atoms with Gasteiger partial charge in [0, 0.05) is 10.9 Å². The molecule has 1 amide bonds. The summed E-state index contributed by atoms with van der Waals surface area (Å²) in [7, 11) is 3.11. The number of anilines is 1.